The molecular formula is C17H25N7O. The number of nitrogens with one attached hydrogen (secondary N) is 2. The summed E-state index contributed by atoms with van der Waals surface area (Å²) in [5.74, 6) is 2.36. The van der Waals surface area contributed by atoms with Crippen LogP contribution in [0.25, 0.3) is 0 Å². The minimum atomic E-state index is -0.211. The third kappa shape index (κ3) is 3.38. The summed E-state index contributed by atoms with van der Waals surface area (Å²) in [6.07, 6.45) is 9.63. The molecule has 3 heterocycles. The summed E-state index contributed by atoms with van der Waals surface area (Å²) < 4.78 is 3.86. The molecule has 1 saturated carbocycles. The summed E-state index contributed by atoms with van der Waals surface area (Å²) in [5, 5.41) is 14.8. The standard InChI is InChI=1S/C17H25N7O/c1-12-19-16-14(8-5-11-23(16)22-12)20-17(25)21-15-9-10-18-24(15)13-6-3-2-4-7-13/h9-10,13-14H,2-8,11H2,1H3,(H2,20,21,25)/t14-/m0/s1. The van der Waals surface area contributed by atoms with Crippen molar-refractivity contribution in [1.29, 1.82) is 0 Å². The van der Waals surface area contributed by atoms with Crippen LogP contribution in [-0.2, 0) is 6.54 Å². The van der Waals surface area contributed by atoms with Crippen molar-refractivity contribution in [2.45, 2.75) is 70.5 Å². The van der Waals surface area contributed by atoms with Crippen molar-refractivity contribution in [3.05, 3.63) is 23.9 Å². The molecule has 2 aromatic heterocycles. The SMILES string of the molecule is Cc1nc2n(n1)CCC[C@@H]2NC(=O)Nc1ccnn1C1CCCCC1. The van der Waals surface area contributed by atoms with Crippen molar-refractivity contribution in [3.63, 3.8) is 0 Å². The van der Waals surface area contributed by atoms with Crippen LogP contribution < -0.4 is 10.6 Å². The van der Waals surface area contributed by atoms with Gasteiger partial charge in [0.1, 0.15) is 17.5 Å². The molecule has 0 bridgehead atoms. The fraction of sp³-hybridized carbons (Fsp3) is 0.647. The minimum Gasteiger partial charge on any atom is -0.328 e. The second kappa shape index (κ2) is 6.85. The van der Waals surface area contributed by atoms with Gasteiger partial charge in [-0.15, -0.1) is 0 Å². The van der Waals surface area contributed by atoms with Gasteiger partial charge in [-0.3, -0.25) is 5.32 Å². The lowest BCUT2D eigenvalue weighted by molar-refractivity contribution is 0.243. The zero-order valence-corrected chi connectivity index (χ0v) is 14.6. The second-order valence-electron chi connectivity index (χ2n) is 6.99. The van der Waals surface area contributed by atoms with Gasteiger partial charge in [0, 0.05) is 12.6 Å². The number of hydrogen-bond donors (Lipinski definition) is 2. The average molecular weight is 343 g/mol. The lowest BCUT2D eigenvalue weighted by Gasteiger charge is -2.25. The van der Waals surface area contributed by atoms with Gasteiger partial charge in [-0.1, -0.05) is 19.3 Å². The third-order valence-corrected chi connectivity index (χ3v) is 5.12. The summed E-state index contributed by atoms with van der Waals surface area (Å²) in [6, 6.07) is 1.94. The van der Waals surface area contributed by atoms with Crippen LogP contribution in [0.1, 0.15) is 68.7 Å². The van der Waals surface area contributed by atoms with Gasteiger partial charge in [0.15, 0.2) is 0 Å². The molecule has 1 fully saturated rings. The van der Waals surface area contributed by atoms with Gasteiger partial charge in [-0.25, -0.2) is 19.1 Å². The molecule has 4 rings (SSSR count). The topological polar surface area (TPSA) is 89.7 Å². The third-order valence-electron chi connectivity index (χ3n) is 5.12. The highest BCUT2D eigenvalue weighted by atomic mass is 16.2. The van der Waals surface area contributed by atoms with Crippen molar-refractivity contribution in [1.82, 2.24) is 29.9 Å². The summed E-state index contributed by atoms with van der Waals surface area (Å²) in [7, 11) is 0. The maximum atomic E-state index is 12.5. The van der Waals surface area contributed by atoms with Crippen LogP contribution in [0.2, 0.25) is 0 Å². The Balaban J connectivity index is 1.43. The van der Waals surface area contributed by atoms with E-state index in [4.69, 9.17) is 0 Å². The molecule has 0 aromatic carbocycles. The second-order valence-corrected chi connectivity index (χ2v) is 6.99. The number of carbonyl (C=O) groups excluding carboxylic acids is 1. The van der Waals surface area contributed by atoms with E-state index in [1.54, 1.807) is 6.20 Å². The van der Waals surface area contributed by atoms with Crippen LogP contribution in [0.3, 0.4) is 0 Å². The predicted octanol–water partition coefficient (Wildman–Crippen LogP) is 2.94. The van der Waals surface area contributed by atoms with Crippen LogP contribution in [-0.4, -0.2) is 30.6 Å². The van der Waals surface area contributed by atoms with Crippen molar-refractivity contribution in [3.8, 4) is 0 Å². The zero-order chi connectivity index (χ0) is 17.2. The van der Waals surface area contributed by atoms with Gasteiger partial charge in [-0.2, -0.15) is 10.2 Å². The van der Waals surface area contributed by atoms with Crippen LogP contribution in [0.15, 0.2) is 12.3 Å². The van der Waals surface area contributed by atoms with Gasteiger partial charge < -0.3 is 5.32 Å². The molecule has 0 radical (unpaired) electrons. The maximum absolute atomic E-state index is 12.5. The van der Waals surface area contributed by atoms with E-state index in [-0.39, 0.29) is 12.1 Å². The Kier molecular flexibility index (Phi) is 4.42. The number of rotatable bonds is 3. The number of fused-ring (bicyclic) bond motifs is 1. The molecule has 0 spiro atoms. The Morgan fingerprint density at radius 3 is 2.88 bits per heavy atom. The summed E-state index contributed by atoms with van der Waals surface area (Å²) >= 11 is 0. The quantitative estimate of drug-likeness (QED) is 0.896. The Hall–Kier alpha value is -2.38. The highest BCUT2D eigenvalue weighted by Crippen LogP contribution is 2.30. The highest BCUT2D eigenvalue weighted by Gasteiger charge is 2.26. The van der Waals surface area contributed by atoms with Crippen LogP contribution in [0, 0.1) is 6.92 Å². The minimum absolute atomic E-state index is 0.0963. The van der Waals surface area contributed by atoms with Crippen LogP contribution in [0.5, 0.6) is 0 Å². The fourth-order valence-electron chi connectivity index (χ4n) is 3.95. The molecule has 8 heteroatoms. The van der Waals surface area contributed by atoms with E-state index in [9.17, 15) is 4.79 Å². The molecule has 25 heavy (non-hydrogen) atoms. The molecular weight excluding hydrogens is 318 g/mol. The molecule has 1 aliphatic heterocycles. The Labute approximate surface area is 147 Å². The van der Waals surface area contributed by atoms with Crippen molar-refractivity contribution < 1.29 is 4.79 Å². The molecule has 0 unspecified atom stereocenters. The van der Waals surface area contributed by atoms with Crippen LogP contribution in [0.4, 0.5) is 10.6 Å². The smallest absolute Gasteiger partial charge is 0.320 e. The van der Waals surface area contributed by atoms with E-state index >= 15 is 0 Å². The first-order chi connectivity index (χ1) is 12.2. The number of amides is 2. The molecule has 8 nitrogen and oxygen atoms in total. The number of anilines is 1. The Morgan fingerprint density at radius 1 is 1.20 bits per heavy atom. The maximum Gasteiger partial charge on any atom is 0.320 e. The zero-order valence-electron chi connectivity index (χ0n) is 14.6. The van der Waals surface area contributed by atoms with Gasteiger partial charge in [-0.05, 0) is 32.6 Å². The molecule has 1 aliphatic carbocycles. The van der Waals surface area contributed by atoms with Crippen molar-refractivity contribution in [2.75, 3.05) is 5.32 Å². The molecule has 2 aromatic rings. The van der Waals surface area contributed by atoms with E-state index in [1.807, 2.05) is 22.4 Å². The van der Waals surface area contributed by atoms with Gasteiger partial charge >= 0.3 is 6.03 Å². The number of nitrogens with zero attached hydrogens (tertiary/aromatic N) is 5. The molecule has 2 aliphatic rings. The van der Waals surface area contributed by atoms with E-state index in [2.05, 4.69) is 25.8 Å². The summed E-state index contributed by atoms with van der Waals surface area (Å²) in [5.41, 5.74) is 0. The van der Waals surface area contributed by atoms with E-state index in [0.29, 0.717) is 6.04 Å². The summed E-state index contributed by atoms with van der Waals surface area (Å²) in [4.78, 5) is 17.0. The molecule has 2 N–H and O–H groups in total. The van der Waals surface area contributed by atoms with Gasteiger partial charge in [0.2, 0.25) is 0 Å². The lowest BCUT2D eigenvalue weighted by Crippen LogP contribution is -2.36. The first kappa shape index (κ1) is 16.1. The molecule has 2 amide bonds. The number of aryl methyl sites for hydroxylation is 2. The predicted molar refractivity (Wildman–Crippen MR) is 93.2 cm³/mol. The van der Waals surface area contributed by atoms with E-state index < -0.39 is 0 Å². The average Bonchev–Trinajstić information content (AvgIpc) is 3.22. The largest absolute Gasteiger partial charge is 0.328 e. The molecule has 0 saturated heterocycles. The molecule has 1 atom stereocenters. The number of urea groups is 1. The van der Waals surface area contributed by atoms with E-state index in [1.165, 1.54) is 19.3 Å². The Bertz CT molecular complexity index is 744. The number of aromatic nitrogens is 5. The Morgan fingerprint density at radius 2 is 2.04 bits per heavy atom. The number of carbonyl (C=O) groups is 1. The molecule has 134 valence electrons. The van der Waals surface area contributed by atoms with E-state index in [0.717, 1.165) is 49.7 Å². The lowest BCUT2D eigenvalue weighted by atomic mass is 9.96. The summed E-state index contributed by atoms with van der Waals surface area (Å²) in [6.45, 7) is 2.75. The van der Waals surface area contributed by atoms with Crippen molar-refractivity contribution in [2.24, 2.45) is 0 Å². The first-order valence-electron chi connectivity index (χ1n) is 9.23. The van der Waals surface area contributed by atoms with Crippen molar-refractivity contribution >= 4 is 11.8 Å². The fourth-order valence-corrected chi connectivity index (χ4v) is 3.95. The first-order valence-corrected chi connectivity index (χ1v) is 9.23. The van der Waals surface area contributed by atoms with Gasteiger partial charge in [0.05, 0.1) is 18.3 Å². The highest BCUT2D eigenvalue weighted by molar-refractivity contribution is 5.88. The van der Waals surface area contributed by atoms with Gasteiger partial charge in [0.25, 0.3) is 0 Å². The monoisotopic (exact) mass is 343 g/mol. The number of hydrogen-bond acceptors (Lipinski definition) is 4. The normalized spacial score (nSPS) is 20.9. The van der Waals surface area contributed by atoms with Crippen LogP contribution >= 0.6 is 0 Å².